The third-order valence-electron chi connectivity index (χ3n) is 2.64. The minimum atomic E-state index is -0.191. The second-order valence-electron chi connectivity index (χ2n) is 4.26. The molecule has 1 unspecified atom stereocenters. The van der Waals surface area contributed by atoms with Gasteiger partial charge in [-0.1, -0.05) is 11.8 Å². The topological polar surface area (TPSA) is 64.1 Å². The number of hydrogen-bond donors (Lipinski definition) is 1. The van der Waals surface area contributed by atoms with Crippen molar-refractivity contribution in [1.82, 2.24) is 14.7 Å². The molecule has 5 nitrogen and oxygen atoms in total. The molecular formula is C11H17N3O2S2. The summed E-state index contributed by atoms with van der Waals surface area (Å²) in [5.74, 6) is 1.48. The first-order chi connectivity index (χ1) is 8.69. The van der Waals surface area contributed by atoms with E-state index in [9.17, 15) is 4.79 Å². The number of thioether (sulfide) groups is 1. The summed E-state index contributed by atoms with van der Waals surface area (Å²) in [6, 6.07) is 0.312. The van der Waals surface area contributed by atoms with E-state index in [1.54, 1.807) is 11.8 Å². The van der Waals surface area contributed by atoms with Crippen LogP contribution in [0.4, 0.5) is 0 Å². The first-order valence-corrected chi connectivity index (χ1v) is 7.72. The smallest absolute Gasteiger partial charge is 0.322 e. The Morgan fingerprint density at radius 2 is 2.44 bits per heavy atom. The van der Waals surface area contributed by atoms with Crippen LogP contribution in [0.25, 0.3) is 0 Å². The van der Waals surface area contributed by atoms with Crippen molar-refractivity contribution < 1.29 is 9.53 Å². The Balaban J connectivity index is 1.75. The highest BCUT2D eigenvalue weighted by Crippen LogP contribution is 2.23. The van der Waals surface area contributed by atoms with Gasteiger partial charge >= 0.3 is 5.97 Å². The van der Waals surface area contributed by atoms with Crippen LogP contribution < -0.4 is 5.32 Å². The molecule has 2 rings (SSSR count). The lowest BCUT2D eigenvalue weighted by Gasteiger charge is -2.15. The number of carbonyl (C=O) groups excluding carboxylic acids is 1. The fourth-order valence-corrected chi connectivity index (χ4v) is 3.27. The lowest BCUT2D eigenvalue weighted by molar-refractivity contribution is -0.143. The number of aryl methyl sites for hydroxylation is 1. The van der Waals surface area contributed by atoms with E-state index >= 15 is 0 Å². The van der Waals surface area contributed by atoms with Crippen LogP contribution in [0.1, 0.15) is 25.1 Å². The number of nitrogens with zero attached hydrogens (tertiary/aromatic N) is 2. The Hall–Kier alpha value is -0.660. The molecule has 1 aliphatic rings. The molecule has 0 amide bonds. The molecule has 18 heavy (non-hydrogen) atoms. The molecule has 1 heterocycles. The fraction of sp³-hybridized carbons (Fsp3) is 0.727. The van der Waals surface area contributed by atoms with Gasteiger partial charge in [0.2, 0.25) is 0 Å². The number of esters is 1. The van der Waals surface area contributed by atoms with Crippen LogP contribution in [0.15, 0.2) is 4.34 Å². The normalized spacial score (nSPS) is 16.6. The van der Waals surface area contributed by atoms with Gasteiger partial charge in [0.15, 0.2) is 4.34 Å². The molecule has 7 heteroatoms. The molecule has 1 aromatic heterocycles. The SMILES string of the molecule is COC(=O)C(CCSc1nc(C)ns1)NC1CC1. The van der Waals surface area contributed by atoms with E-state index in [0.717, 1.165) is 35.2 Å². The summed E-state index contributed by atoms with van der Waals surface area (Å²) in [7, 11) is 1.44. The Labute approximate surface area is 115 Å². The van der Waals surface area contributed by atoms with Gasteiger partial charge in [0.25, 0.3) is 0 Å². The third-order valence-corrected chi connectivity index (χ3v) is 4.60. The van der Waals surface area contributed by atoms with E-state index in [-0.39, 0.29) is 12.0 Å². The van der Waals surface area contributed by atoms with Crippen LogP contribution in [-0.4, -0.2) is 40.3 Å². The quantitative estimate of drug-likeness (QED) is 0.607. The molecule has 0 aliphatic heterocycles. The highest BCUT2D eigenvalue weighted by Gasteiger charge is 2.28. The lowest BCUT2D eigenvalue weighted by atomic mass is 10.2. The van der Waals surface area contributed by atoms with Gasteiger partial charge in [-0.25, -0.2) is 4.98 Å². The van der Waals surface area contributed by atoms with E-state index in [0.29, 0.717) is 6.04 Å². The number of carbonyl (C=O) groups is 1. The molecule has 0 bridgehead atoms. The van der Waals surface area contributed by atoms with E-state index in [1.165, 1.54) is 18.6 Å². The van der Waals surface area contributed by atoms with E-state index < -0.39 is 0 Å². The molecule has 100 valence electrons. The number of ether oxygens (including phenoxy) is 1. The van der Waals surface area contributed by atoms with Crippen LogP contribution in [0, 0.1) is 6.92 Å². The first kappa shape index (κ1) is 13.8. The predicted octanol–water partition coefficient (Wildman–Crippen LogP) is 1.62. The third kappa shape index (κ3) is 4.22. The Bertz CT molecular complexity index is 407. The predicted molar refractivity (Wildman–Crippen MR) is 71.9 cm³/mol. The fourth-order valence-electron chi connectivity index (χ4n) is 1.55. The zero-order chi connectivity index (χ0) is 13.0. The number of aromatic nitrogens is 2. The minimum Gasteiger partial charge on any atom is -0.468 e. The molecule has 1 N–H and O–H groups in total. The monoisotopic (exact) mass is 287 g/mol. The summed E-state index contributed by atoms with van der Waals surface area (Å²) in [6.45, 7) is 1.88. The van der Waals surface area contributed by atoms with Crippen LogP contribution in [0.5, 0.6) is 0 Å². The average molecular weight is 287 g/mol. The molecule has 0 saturated heterocycles. The summed E-state index contributed by atoms with van der Waals surface area (Å²) >= 11 is 3.05. The minimum absolute atomic E-state index is 0.170. The summed E-state index contributed by atoms with van der Waals surface area (Å²) in [5.41, 5.74) is 0. The second-order valence-corrected chi connectivity index (χ2v) is 6.36. The molecule has 0 aromatic carbocycles. The van der Waals surface area contributed by atoms with Crippen LogP contribution in [0.3, 0.4) is 0 Å². The van der Waals surface area contributed by atoms with Gasteiger partial charge < -0.3 is 10.1 Å². The number of nitrogens with one attached hydrogen (secondary N) is 1. The summed E-state index contributed by atoms with van der Waals surface area (Å²) < 4.78 is 9.90. The van der Waals surface area contributed by atoms with Crippen LogP contribution in [0.2, 0.25) is 0 Å². The number of rotatable bonds is 7. The van der Waals surface area contributed by atoms with Crippen LogP contribution in [-0.2, 0) is 9.53 Å². The van der Waals surface area contributed by atoms with Crippen molar-refractivity contribution in [2.75, 3.05) is 12.9 Å². The summed E-state index contributed by atoms with van der Waals surface area (Å²) in [6.07, 6.45) is 3.08. The van der Waals surface area contributed by atoms with Gasteiger partial charge in [0, 0.05) is 11.8 Å². The molecule has 0 radical (unpaired) electrons. The van der Waals surface area contributed by atoms with Gasteiger partial charge in [-0.05, 0) is 37.7 Å². The van der Waals surface area contributed by atoms with Crippen molar-refractivity contribution in [2.45, 2.75) is 42.6 Å². The van der Waals surface area contributed by atoms with E-state index in [2.05, 4.69) is 14.7 Å². The van der Waals surface area contributed by atoms with Gasteiger partial charge in [-0.15, -0.1) is 0 Å². The molecule has 1 saturated carbocycles. The molecule has 1 fully saturated rings. The van der Waals surface area contributed by atoms with Crippen molar-refractivity contribution >= 4 is 29.3 Å². The molecule has 0 spiro atoms. The van der Waals surface area contributed by atoms with E-state index in [1.807, 2.05) is 6.92 Å². The second kappa shape index (κ2) is 6.49. The highest BCUT2D eigenvalue weighted by molar-refractivity contribution is 8.00. The van der Waals surface area contributed by atoms with Crippen molar-refractivity contribution in [3.8, 4) is 0 Å². The molecule has 1 aliphatic carbocycles. The van der Waals surface area contributed by atoms with Crippen LogP contribution >= 0.6 is 23.3 Å². The Morgan fingerprint density at radius 3 is 3.00 bits per heavy atom. The van der Waals surface area contributed by atoms with Gasteiger partial charge in [0.05, 0.1) is 7.11 Å². The maximum Gasteiger partial charge on any atom is 0.322 e. The van der Waals surface area contributed by atoms with Crippen molar-refractivity contribution in [1.29, 1.82) is 0 Å². The van der Waals surface area contributed by atoms with Gasteiger partial charge in [-0.2, -0.15) is 4.37 Å². The average Bonchev–Trinajstić information content (AvgIpc) is 3.09. The number of hydrogen-bond acceptors (Lipinski definition) is 7. The van der Waals surface area contributed by atoms with E-state index in [4.69, 9.17) is 4.74 Å². The molecule has 1 aromatic rings. The largest absolute Gasteiger partial charge is 0.468 e. The van der Waals surface area contributed by atoms with Gasteiger partial charge in [-0.3, -0.25) is 4.79 Å². The standard InChI is InChI=1S/C11H17N3O2S2/c1-7-12-11(18-14-7)17-6-5-9(10(15)16-2)13-8-3-4-8/h8-9,13H,3-6H2,1-2H3. The summed E-state index contributed by atoms with van der Waals surface area (Å²) in [4.78, 5) is 15.9. The molecular weight excluding hydrogens is 270 g/mol. The molecule has 1 atom stereocenters. The lowest BCUT2D eigenvalue weighted by Crippen LogP contribution is -2.39. The zero-order valence-electron chi connectivity index (χ0n) is 10.5. The van der Waals surface area contributed by atoms with Crippen molar-refractivity contribution in [3.05, 3.63) is 5.82 Å². The highest BCUT2D eigenvalue weighted by atomic mass is 32.2. The Kier molecular flexibility index (Phi) is 4.96. The Morgan fingerprint density at radius 1 is 1.67 bits per heavy atom. The first-order valence-electron chi connectivity index (χ1n) is 5.96. The number of methoxy groups -OCH3 is 1. The summed E-state index contributed by atoms with van der Waals surface area (Å²) in [5, 5.41) is 3.31. The maximum absolute atomic E-state index is 11.6. The zero-order valence-corrected chi connectivity index (χ0v) is 12.1. The van der Waals surface area contributed by atoms with Crippen molar-refractivity contribution in [3.63, 3.8) is 0 Å². The maximum atomic E-state index is 11.6. The van der Waals surface area contributed by atoms with Gasteiger partial charge in [0.1, 0.15) is 11.9 Å². The van der Waals surface area contributed by atoms with Crippen molar-refractivity contribution in [2.24, 2.45) is 0 Å².